The fourth-order valence-corrected chi connectivity index (χ4v) is 9.54. The molecule has 23 nitrogen and oxygen atoms in total. The summed E-state index contributed by atoms with van der Waals surface area (Å²) in [4.78, 5) is -3.24. The standard InChI is InChI=1S/C41H32N6O17S5/c1-3-34(43-47-38-19-26(68(59,60)61)14-22-15-27(69(62,63)64)20-40(49)41(22)38)28-7-4-23(65(50,51)52)16-31(28)21(2)42-44-35-10-11-37(32-17-24(66(53,54)55)5-8-29(32)35)46-45-36-12-13-39(48)33-18-25(67(56,57)58)6-9-30(33)36/h3-21,48-49H,1-2H3,(H,50,51,52)(H,53,54,55)(H,56,57,58)(H,59,60,61)(H,62,63,64)/b34-3+,44-42?,46-45?,47-43?. The Morgan fingerprint density at radius 2 is 0.928 bits per heavy atom. The monoisotopic (exact) mass is 1040 g/mol. The minimum atomic E-state index is -4.98. The average molecular weight is 1040 g/mol. The molecule has 0 saturated carbocycles. The van der Waals surface area contributed by atoms with E-state index in [4.69, 9.17) is 0 Å². The van der Waals surface area contributed by atoms with Gasteiger partial charge in [0.25, 0.3) is 50.6 Å². The van der Waals surface area contributed by atoms with Gasteiger partial charge < -0.3 is 10.2 Å². The first-order chi connectivity index (χ1) is 32.0. The van der Waals surface area contributed by atoms with Crippen molar-refractivity contribution in [3.63, 3.8) is 0 Å². The van der Waals surface area contributed by atoms with E-state index >= 15 is 0 Å². The van der Waals surface area contributed by atoms with E-state index in [0.717, 1.165) is 54.6 Å². The van der Waals surface area contributed by atoms with Crippen LogP contribution in [0.5, 0.6) is 11.5 Å². The highest BCUT2D eigenvalue weighted by molar-refractivity contribution is 7.86. The molecule has 7 aromatic rings. The molecule has 7 rings (SSSR count). The van der Waals surface area contributed by atoms with Gasteiger partial charge >= 0.3 is 0 Å². The maximum Gasteiger partial charge on any atom is 0.294 e. The molecular formula is C41H32N6O17S5. The van der Waals surface area contributed by atoms with Gasteiger partial charge in [-0.2, -0.15) is 57.4 Å². The molecule has 69 heavy (non-hydrogen) atoms. The van der Waals surface area contributed by atoms with Crippen LogP contribution in [0.2, 0.25) is 0 Å². The van der Waals surface area contributed by atoms with Gasteiger partial charge in [-0.3, -0.25) is 22.8 Å². The maximum absolute atomic E-state index is 12.3. The summed E-state index contributed by atoms with van der Waals surface area (Å²) in [5.74, 6) is -1.13. The van der Waals surface area contributed by atoms with Crippen LogP contribution in [0, 0.1) is 0 Å². The van der Waals surface area contributed by atoms with Crippen LogP contribution >= 0.6 is 0 Å². The first-order valence-corrected chi connectivity index (χ1v) is 26.3. The fourth-order valence-electron chi connectivity index (χ4n) is 6.94. The third-order valence-electron chi connectivity index (χ3n) is 10.2. The number of allylic oxidation sites excluding steroid dienone is 1. The second kappa shape index (κ2) is 18.2. The van der Waals surface area contributed by atoms with Crippen LogP contribution in [0.15, 0.2) is 164 Å². The summed E-state index contributed by atoms with van der Waals surface area (Å²) < 4.78 is 170. The number of azo groups is 3. The second-order valence-corrected chi connectivity index (χ2v) is 21.8. The maximum atomic E-state index is 12.3. The Morgan fingerprint density at radius 3 is 1.48 bits per heavy atom. The van der Waals surface area contributed by atoms with Gasteiger partial charge in [-0.05, 0) is 104 Å². The quantitative estimate of drug-likeness (QED) is 0.0418. The van der Waals surface area contributed by atoms with Crippen molar-refractivity contribution >= 4 is 111 Å². The molecule has 1 unspecified atom stereocenters. The number of hydrogen-bond acceptors (Lipinski definition) is 18. The van der Waals surface area contributed by atoms with Crippen LogP contribution in [-0.2, 0) is 50.6 Å². The molecule has 0 radical (unpaired) electrons. The number of aromatic hydroxyl groups is 2. The molecule has 0 aromatic heterocycles. The van der Waals surface area contributed by atoms with E-state index in [-0.39, 0.29) is 72.0 Å². The van der Waals surface area contributed by atoms with Crippen molar-refractivity contribution in [2.75, 3.05) is 0 Å². The number of nitrogens with zero attached hydrogens (tertiary/aromatic N) is 6. The topological polar surface area (TPSA) is 386 Å². The molecule has 0 bridgehead atoms. The molecule has 0 spiro atoms. The van der Waals surface area contributed by atoms with Crippen LogP contribution in [0.1, 0.15) is 31.0 Å². The normalized spacial score (nSPS) is 14.0. The van der Waals surface area contributed by atoms with Crippen molar-refractivity contribution < 1.29 is 75.1 Å². The van der Waals surface area contributed by atoms with Crippen molar-refractivity contribution in [2.24, 2.45) is 30.7 Å². The Morgan fingerprint density at radius 1 is 0.464 bits per heavy atom. The van der Waals surface area contributed by atoms with E-state index in [1.54, 1.807) is 0 Å². The first-order valence-electron chi connectivity index (χ1n) is 19.1. The zero-order chi connectivity index (χ0) is 50.6. The molecule has 28 heteroatoms. The minimum Gasteiger partial charge on any atom is -0.507 e. The van der Waals surface area contributed by atoms with E-state index in [1.807, 2.05) is 0 Å². The molecule has 0 heterocycles. The summed E-state index contributed by atoms with van der Waals surface area (Å²) in [6.07, 6.45) is 1.38. The number of fused-ring (bicyclic) bond motifs is 3. The van der Waals surface area contributed by atoms with Gasteiger partial charge in [-0.15, -0.1) is 15.3 Å². The third kappa shape index (κ3) is 10.7. The zero-order valence-corrected chi connectivity index (χ0v) is 39.0. The fraction of sp³-hybridized carbons (Fsp3) is 0.0732. The Kier molecular flexibility index (Phi) is 13.1. The lowest BCUT2D eigenvalue weighted by atomic mass is 9.99. The third-order valence-corrected chi connectivity index (χ3v) is 14.4. The van der Waals surface area contributed by atoms with Crippen molar-refractivity contribution in [3.8, 4) is 11.5 Å². The molecule has 1 atom stereocenters. The van der Waals surface area contributed by atoms with Gasteiger partial charge in [0.1, 0.15) is 11.5 Å². The van der Waals surface area contributed by atoms with Crippen molar-refractivity contribution in [2.45, 2.75) is 44.4 Å². The molecule has 7 aromatic carbocycles. The molecule has 0 aliphatic heterocycles. The molecular weight excluding hydrogens is 1010 g/mol. The highest BCUT2D eigenvalue weighted by Gasteiger charge is 2.23. The van der Waals surface area contributed by atoms with Crippen molar-refractivity contribution in [3.05, 3.63) is 120 Å². The van der Waals surface area contributed by atoms with E-state index in [0.29, 0.717) is 6.07 Å². The van der Waals surface area contributed by atoms with Crippen molar-refractivity contribution in [1.82, 2.24) is 0 Å². The van der Waals surface area contributed by atoms with Gasteiger partial charge in [0.15, 0.2) is 0 Å². The predicted octanol–water partition coefficient (Wildman–Crippen LogP) is 9.20. The highest BCUT2D eigenvalue weighted by atomic mass is 32.2. The summed E-state index contributed by atoms with van der Waals surface area (Å²) >= 11 is 0. The largest absolute Gasteiger partial charge is 0.507 e. The lowest BCUT2D eigenvalue weighted by Crippen LogP contribution is -2.03. The Hall–Kier alpha value is -6.99. The van der Waals surface area contributed by atoms with Crippen molar-refractivity contribution in [1.29, 1.82) is 0 Å². The van der Waals surface area contributed by atoms with Crippen LogP contribution in [0.4, 0.5) is 22.7 Å². The number of phenols is 2. The summed E-state index contributed by atoms with van der Waals surface area (Å²) in [6.45, 7) is 2.95. The molecule has 0 fully saturated rings. The van der Waals surface area contributed by atoms with Crippen LogP contribution in [0.3, 0.4) is 0 Å². The highest BCUT2D eigenvalue weighted by Crippen LogP contribution is 2.42. The lowest BCUT2D eigenvalue weighted by molar-refractivity contribution is 0.470. The van der Waals surface area contributed by atoms with Crippen LogP contribution in [-0.4, -0.2) is 75.1 Å². The van der Waals surface area contributed by atoms with Crippen LogP contribution in [0.25, 0.3) is 38.0 Å². The smallest absolute Gasteiger partial charge is 0.294 e. The Labute approximate surface area is 391 Å². The number of phenolic OH excluding ortho intramolecular Hbond substituents is 2. The molecule has 358 valence electrons. The Bertz CT molecular complexity index is 4040. The summed E-state index contributed by atoms with van der Waals surface area (Å²) in [7, 11) is -24.2. The van der Waals surface area contributed by atoms with Gasteiger partial charge in [-0.1, -0.05) is 24.3 Å². The molecule has 0 aliphatic carbocycles. The summed E-state index contributed by atoms with van der Waals surface area (Å²) in [6, 6.07) is 17.5. The minimum absolute atomic E-state index is 0.00149. The molecule has 7 N–H and O–H groups in total. The van der Waals surface area contributed by atoms with E-state index in [2.05, 4.69) is 30.7 Å². The van der Waals surface area contributed by atoms with Gasteiger partial charge in [0, 0.05) is 33.2 Å². The van der Waals surface area contributed by atoms with E-state index in [1.165, 1.54) is 62.4 Å². The van der Waals surface area contributed by atoms with E-state index in [9.17, 15) is 75.1 Å². The molecule has 0 amide bonds. The van der Waals surface area contributed by atoms with Gasteiger partial charge in [-0.25, -0.2) is 0 Å². The summed E-state index contributed by atoms with van der Waals surface area (Å²) in [5, 5.41) is 46.6. The molecule has 0 aliphatic rings. The average Bonchev–Trinajstić information content (AvgIpc) is 3.26. The number of benzene rings is 7. The van der Waals surface area contributed by atoms with E-state index < -0.39 is 92.5 Å². The second-order valence-electron chi connectivity index (χ2n) is 14.7. The predicted molar refractivity (Wildman–Crippen MR) is 246 cm³/mol. The summed E-state index contributed by atoms with van der Waals surface area (Å²) in [5.41, 5.74) is -0.101. The van der Waals surface area contributed by atoms with Crippen LogP contribution < -0.4 is 0 Å². The van der Waals surface area contributed by atoms with Gasteiger partial charge in [0.2, 0.25) is 0 Å². The first kappa shape index (κ1) is 49.9. The molecule has 0 saturated heterocycles. The SMILES string of the molecule is C/C=C(/N=Nc1cc(S(=O)(=O)O)cc2cc(S(=O)(=O)O)cc(O)c12)c1ccc(S(=O)(=O)O)cc1C(C)N=Nc1ccc(N=Nc2ccc(O)c3cc(S(=O)(=O)O)ccc23)c2cc(S(=O)(=O)O)ccc12. The number of hydrogen-bond donors (Lipinski definition) is 7. The zero-order valence-electron chi connectivity index (χ0n) is 34.9. The Balaban J connectivity index is 1.31. The van der Waals surface area contributed by atoms with Gasteiger partial charge in [0.05, 0.1) is 64.4 Å². The number of rotatable bonds is 13. The lowest BCUT2D eigenvalue weighted by Gasteiger charge is -2.14.